The van der Waals surface area contributed by atoms with Gasteiger partial charge in [0.1, 0.15) is 11.9 Å². The minimum absolute atomic E-state index is 0.0198. The van der Waals surface area contributed by atoms with Gasteiger partial charge in [0.2, 0.25) is 0 Å². The Morgan fingerprint density at radius 2 is 2.11 bits per heavy atom. The standard InChI is InChI=1S/C20H21F2N3O3/c1-28-19-16-11(18(27)10(8-26)6-25(16)14-5-12(14)21)4-13(22)17(19)24-7-15(23)20(9-24)2-3-20/h4,6,8,12,14-15H,2-3,5,7,9,23H2,1H3/t12-,14+,15+/m0/s1. The first-order valence-electron chi connectivity index (χ1n) is 9.45. The summed E-state index contributed by atoms with van der Waals surface area (Å²) in [6.07, 6.45) is 3.01. The van der Waals surface area contributed by atoms with Crippen LogP contribution < -0.4 is 20.8 Å². The van der Waals surface area contributed by atoms with Crippen molar-refractivity contribution in [3.05, 3.63) is 33.9 Å². The van der Waals surface area contributed by atoms with Gasteiger partial charge in [-0.1, -0.05) is 0 Å². The number of carbonyl (C=O) groups is 1. The first kappa shape index (κ1) is 17.6. The zero-order chi connectivity index (χ0) is 19.8. The van der Waals surface area contributed by atoms with Gasteiger partial charge in [-0.3, -0.25) is 9.59 Å². The molecule has 2 saturated carbocycles. The molecule has 1 aliphatic heterocycles. The van der Waals surface area contributed by atoms with E-state index in [0.717, 1.165) is 18.9 Å². The van der Waals surface area contributed by atoms with Crippen molar-refractivity contribution in [3.63, 3.8) is 0 Å². The number of aromatic nitrogens is 1. The van der Waals surface area contributed by atoms with E-state index >= 15 is 4.39 Å². The van der Waals surface area contributed by atoms with Gasteiger partial charge in [-0.25, -0.2) is 8.78 Å². The maximum absolute atomic E-state index is 15.2. The number of hydrogen-bond donors (Lipinski definition) is 1. The summed E-state index contributed by atoms with van der Waals surface area (Å²) < 4.78 is 36.2. The molecule has 1 aromatic heterocycles. The van der Waals surface area contributed by atoms with E-state index in [9.17, 15) is 14.0 Å². The highest BCUT2D eigenvalue weighted by atomic mass is 19.1. The van der Waals surface area contributed by atoms with Gasteiger partial charge in [-0.2, -0.15) is 0 Å². The Morgan fingerprint density at radius 1 is 1.39 bits per heavy atom. The molecule has 2 aliphatic carbocycles. The van der Waals surface area contributed by atoms with Gasteiger partial charge in [-0.15, -0.1) is 0 Å². The first-order valence-corrected chi connectivity index (χ1v) is 9.45. The molecule has 8 heteroatoms. The number of pyridine rings is 1. The number of nitrogens with zero attached hydrogens (tertiary/aromatic N) is 2. The molecular weight excluding hydrogens is 368 g/mol. The SMILES string of the molecule is COc1c(N2C[C@@H](N)C3(CC3)C2)c(F)cc2c(=O)c(C=O)cn([C@@H]3C[C@@H]3F)c12. The summed E-state index contributed by atoms with van der Waals surface area (Å²) in [5.74, 6) is -0.415. The normalized spacial score (nSPS) is 27.4. The van der Waals surface area contributed by atoms with Gasteiger partial charge in [0.15, 0.2) is 23.3 Å². The number of methoxy groups -OCH3 is 1. The number of carbonyl (C=O) groups excluding carboxylic acids is 1. The third kappa shape index (κ3) is 2.33. The lowest BCUT2D eigenvalue weighted by Crippen LogP contribution is -2.30. The van der Waals surface area contributed by atoms with Crippen LogP contribution in [0.25, 0.3) is 10.9 Å². The lowest BCUT2D eigenvalue weighted by atomic mass is 10.0. The summed E-state index contributed by atoms with van der Waals surface area (Å²) in [5, 5.41) is 0.0198. The molecule has 28 heavy (non-hydrogen) atoms. The van der Waals surface area contributed by atoms with Crippen LogP contribution >= 0.6 is 0 Å². The Balaban J connectivity index is 1.78. The molecule has 0 amide bonds. The average Bonchev–Trinajstić information content (AvgIpc) is 3.57. The number of anilines is 1. The lowest BCUT2D eigenvalue weighted by Gasteiger charge is -2.24. The number of rotatable bonds is 4. The van der Waals surface area contributed by atoms with Crippen LogP contribution in [0.3, 0.4) is 0 Å². The predicted octanol–water partition coefficient (Wildman–Crippen LogP) is 2.17. The van der Waals surface area contributed by atoms with Crippen LogP contribution in [0.4, 0.5) is 14.5 Å². The Labute approximate surface area is 159 Å². The fourth-order valence-electron chi connectivity index (χ4n) is 4.59. The molecule has 2 aromatic rings. The second-order valence-corrected chi connectivity index (χ2v) is 8.24. The summed E-state index contributed by atoms with van der Waals surface area (Å²) >= 11 is 0. The molecule has 0 bridgehead atoms. The van der Waals surface area contributed by atoms with Crippen LogP contribution in [-0.4, -0.2) is 43.3 Å². The van der Waals surface area contributed by atoms with E-state index in [2.05, 4.69) is 0 Å². The Morgan fingerprint density at radius 3 is 2.64 bits per heavy atom. The van der Waals surface area contributed by atoms with Crippen molar-refractivity contribution in [2.75, 3.05) is 25.1 Å². The molecule has 0 radical (unpaired) electrons. The molecule has 3 fully saturated rings. The summed E-state index contributed by atoms with van der Waals surface area (Å²) in [5.41, 5.74) is 6.16. The number of hydrogen-bond acceptors (Lipinski definition) is 5. The number of halogens is 2. The van der Waals surface area contributed by atoms with Crippen LogP contribution in [0.5, 0.6) is 5.75 Å². The maximum Gasteiger partial charge on any atom is 0.200 e. The van der Waals surface area contributed by atoms with Gasteiger partial charge in [0, 0.05) is 37.2 Å². The summed E-state index contributed by atoms with van der Waals surface area (Å²) in [6, 6.07) is 0.591. The molecule has 2 N–H and O–H groups in total. The van der Waals surface area contributed by atoms with Crippen LogP contribution in [0.15, 0.2) is 17.1 Å². The number of nitrogens with two attached hydrogens (primary N) is 1. The maximum atomic E-state index is 15.2. The number of ether oxygens (including phenoxy) is 1. The molecular formula is C20H21F2N3O3. The molecule has 2 heterocycles. The smallest absolute Gasteiger partial charge is 0.200 e. The zero-order valence-electron chi connectivity index (χ0n) is 15.5. The Kier molecular flexibility index (Phi) is 3.62. The van der Waals surface area contributed by atoms with Crippen molar-refractivity contribution in [2.24, 2.45) is 11.1 Å². The second-order valence-electron chi connectivity index (χ2n) is 8.24. The highest BCUT2D eigenvalue weighted by molar-refractivity contribution is 5.94. The predicted molar refractivity (Wildman–Crippen MR) is 101 cm³/mol. The van der Waals surface area contributed by atoms with Gasteiger partial charge in [-0.05, 0) is 18.9 Å². The van der Waals surface area contributed by atoms with E-state index in [1.165, 1.54) is 13.3 Å². The quantitative estimate of drug-likeness (QED) is 0.811. The first-order chi connectivity index (χ1) is 13.4. The second kappa shape index (κ2) is 5.76. The van der Waals surface area contributed by atoms with E-state index < -0.39 is 23.5 Å². The highest BCUT2D eigenvalue weighted by Crippen LogP contribution is 2.54. The molecule has 0 unspecified atom stereocenters. The molecule has 6 nitrogen and oxygen atoms in total. The number of benzene rings is 1. The molecule has 148 valence electrons. The molecule has 1 spiro atoms. The highest BCUT2D eigenvalue weighted by Gasteiger charge is 2.54. The number of aldehydes is 1. The van der Waals surface area contributed by atoms with E-state index in [-0.39, 0.29) is 40.3 Å². The summed E-state index contributed by atoms with van der Waals surface area (Å²) in [7, 11) is 1.41. The minimum atomic E-state index is -1.07. The lowest BCUT2D eigenvalue weighted by molar-refractivity contribution is 0.112. The average molecular weight is 389 g/mol. The molecule has 5 rings (SSSR count). The Bertz CT molecular complexity index is 1060. The monoisotopic (exact) mass is 389 g/mol. The van der Waals surface area contributed by atoms with Gasteiger partial charge < -0.3 is 19.9 Å². The van der Waals surface area contributed by atoms with Crippen LogP contribution in [-0.2, 0) is 0 Å². The molecule has 3 atom stereocenters. The minimum Gasteiger partial charge on any atom is -0.492 e. The van der Waals surface area contributed by atoms with Gasteiger partial charge in [0.05, 0.1) is 29.6 Å². The van der Waals surface area contributed by atoms with Gasteiger partial charge in [0.25, 0.3) is 0 Å². The van der Waals surface area contributed by atoms with Gasteiger partial charge >= 0.3 is 0 Å². The van der Waals surface area contributed by atoms with E-state index in [1.807, 2.05) is 4.90 Å². The van der Waals surface area contributed by atoms with Crippen LogP contribution in [0, 0.1) is 11.2 Å². The summed E-state index contributed by atoms with van der Waals surface area (Å²) in [4.78, 5) is 25.9. The summed E-state index contributed by atoms with van der Waals surface area (Å²) in [6.45, 7) is 1.11. The topological polar surface area (TPSA) is 77.6 Å². The molecule has 1 saturated heterocycles. The molecule has 1 aromatic carbocycles. The molecule has 3 aliphatic rings. The number of fused-ring (bicyclic) bond motifs is 1. The fraction of sp³-hybridized carbons (Fsp3) is 0.500. The van der Waals surface area contributed by atoms with Crippen molar-refractivity contribution in [2.45, 2.75) is 37.5 Å². The van der Waals surface area contributed by atoms with Crippen molar-refractivity contribution in [1.29, 1.82) is 0 Å². The zero-order valence-corrected chi connectivity index (χ0v) is 15.5. The van der Waals surface area contributed by atoms with Crippen molar-refractivity contribution < 1.29 is 18.3 Å². The van der Waals surface area contributed by atoms with Crippen LogP contribution in [0.2, 0.25) is 0 Å². The van der Waals surface area contributed by atoms with E-state index in [1.54, 1.807) is 4.57 Å². The van der Waals surface area contributed by atoms with E-state index in [4.69, 9.17) is 10.5 Å². The number of alkyl halides is 1. The largest absolute Gasteiger partial charge is 0.492 e. The third-order valence-electron chi connectivity index (χ3n) is 6.51. The third-order valence-corrected chi connectivity index (χ3v) is 6.51. The van der Waals surface area contributed by atoms with E-state index in [0.29, 0.717) is 24.9 Å². The van der Waals surface area contributed by atoms with Crippen molar-refractivity contribution in [1.82, 2.24) is 4.57 Å². The van der Waals surface area contributed by atoms with Crippen molar-refractivity contribution >= 4 is 22.9 Å². The Hall–Kier alpha value is -2.48. The fourth-order valence-corrected chi connectivity index (χ4v) is 4.59. The van der Waals surface area contributed by atoms with Crippen molar-refractivity contribution in [3.8, 4) is 5.75 Å². The van der Waals surface area contributed by atoms with Crippen LogP contribution in [0.1, 0.15) is 35.7 Å².